The van der Waals surface area contributed by atoms with Crippen molar-refractivity contribution in [1.29, 1.82) is 0 Å². The van der Waals surface area contributed by atoms with Crippen molar-refractivity contribution in [3.8, 4) is 0 Å². The first kappa shape index (κ1) is 21.0. The Balaban J connectivity index is 1.65. The van der Waals surface area contributed by atoms with Crippen LogP contribution in [0.2, 0.25) is 0 Å². The summed E-state index contributed by atoms with van der Waals surface area (Å²) in [5.74, 6) is 1.41. The summed E-state index contributed by atoms with van der Waals surface area (Å²) in [4.78, 5) is 27.8. The Hall–Kier alpha value is -1.75. The SMILES string of the molecule is CC1=C(c2ccccc2)C(=O)N(C(C)(C)C(=O)CCSC2CCCCC2)CO1. The zero-order chi connectivity index (χ0) is 20.1. The highest BCUT2D eigenvalue weighted by Crippen LogP contribution is 2.32. The average molecular weight is 402 g/mol. The molecule has 1 fully saturated rings. The average Bonchev–Trinajstić information content (AvgIpc) is 2.69. The van der Waals surface area contributed by atoms with E-state index in [1.54, 1.807) is 4.90 Å². The van der Waals surface area contributed by atoms with Crippen LogP contribution in [0, 0.1) is 0 Å². The molecule has 3 rings (SSSR count). The number of nitrogens with zero attached hydrogens (tertiary/aromatic N) is 1. The third-order valence-corrected chi connectivity index (χ3v) is 7.26. The molecule has 1 heterocycles. The highest BCUT2D eigenvalue weighted by molar-refractivity contribution is 7.99. The van der Waals surface area contributed by atoms with Crippen molar-refractivity contribution >= 4 is 29.0 Å². The van der Waals surface area contributed by atoms with E-state index in [1.165, 1.54) is 32.1 Å². The van der Waals surface area contributed by atoms with Gasteiger partial charge in [-0.1, -0.05) is 49.6 Å². The highest BCUT2D eigenvalue weighted by atomic mass is 32.2. The van der Waals surface area contributed by atoms with E-state index in [2.05, 4.69) is 0 Å². The summed E-state index contributed by atoms with van der Waals surface area (Å²) in [6, 6.07) is 9.53. The van der Waals surface area contributed by atoms with Crippen molar-refractivity contribution in [2.24, 2.45) is 0 Å². The molecule has 2 aliphatic rings. The van der Waals surface area contributed by atoms with Crippen LogP contribution in [0.1, 0.15) is 64.9 Å². The van der Waals surface area contributed by atoms with Gasteiger partial charge in [-0.05, 0) is 39.2 Å². The van der Waals surface area contributed by atoms with Crippen molar-refractivity contribution in [3.63, 3.8) is 0 Å². The summed E-state index contributed by atoms with van der Waals surface area (Å²) < 4.78 is 5.79. The number of carbonyl (C=O) groups excluding carboxylic acids is 2. The van der Waals surface area contributed by atoms with Gasteiger partial charge in [0, 0.05) is 17.4 Å². The first-order valence-corrected chi connectivity index (χ1v) is 11.3. The standard InChI is InChI=1S/C23H31NO3S/c1-17-21(18-10-6-4-7-11-18)22(26)24(16-27-17)23(2,3)20(25)14-15-28-19-12-8-5-9-13-19/h4,6-7,10-11,19H,5,8-9,12-16H2,1-3H3. The van der Waals surface area contributed by atoms with Crippen molar-refractivity contribution in [2.75, 3.05) is 12.5 Å². The van der Waals surface area contributed by atoms with Crippen LogP contribution in [-0.4, -0.2) is 39.9 Å². The predicted octanol–water partition coefficient (Wildman–Crippen LogP) is 5.04. The number of allylic oxidation sites excluding steroid dienone is 1. The van der Waals surface area contributed by atoms with Crippen molar-refractivity contribution in [1.82, 2.24) is 4.90 Å². The summed E-state index contributed by atoms with van der Waals surface area (Å²) in [6.45, 7) is 5.61. The van der Waals surface area contributed by atoms with Gasteiger partial charge in [0.15, 0.2) is 12.5 Å². The fourth-order valence-corrected chi connectivity index (χ4v) is 5.23. The van der Waals surface area contributed by atoms with Crippen molar-refractivity contribution in [3.05, 3.63) is 41.7 Å². The largest absolute Gasteiger partial charge is 0.477 e. The van der Waals surface area contributed by atoms with Crippen molar-refractivity contribution < 1.29 is 14.3 Å². The van der Waals surface area contributed by atoms with Crippen LogP contribution in [0.3, 0.4) is 0 Å². The minimum absolute atomic E-state index is 0.0970. The minimum Gasteiger partial charge on any atom is -0.477 e. The van der Waals surface area contributed by atoms with Gasteiger partial charge >= 0.3 is 0 Å². The lowest BCUT2D eigenvalue weighted by atomic mass is 9.92. The van der Waals surface area contributed by atoms with Crippen molar-refractivity contribution in [2.45, 2.75) is 70.1 Å². The molecule has 1 amide bonds. The predicted molar refractivity (Wildman–Crippen MR) is 115 cm³/mol. The van der Waals surface area contributed by atoms with E-state index in [4.69, 9.17) is 4.74 Å². The molecule has 1 aliphatic carbocycles. The van der Waals surface area contributed by atoms with Crippen LogP contribution in [0.25, 0.3) is 5.57 Å². The van der Waals surface area contributed by atoms with Crippen LogP contribution in [0.15, 0.2) is 36.1 Å². The van der Waals surface area contributed by atoms with Gasteiger partial charge in [-0.25, -0.2) is 0 Å². The first-order chi connectivity index (χ1) is 13.4. The Morgan fingerprint density at radius 2 is 1.86 bits per heavy atom. The third-order valence-electron chi connectivity index (χ3n) is 5.88. The number of ketones is 1. The van der Waals surface area contributed by atoms with Gasteiger partial charge in [-0.3, -0.25) is 14.5 Å². The second kappa shape index (κ2) is 9.17. The molecule has 152 valence electrons. The smallest absolute Gasteiger partial charge is 0.261 e. The molecule has 0 spiro atoms. The second-order valence-corrected chi connectivity index (χ2v) is 9.58. The molecule has 5 heteroatoms. The summed E-state index contributed by atoms with van der Waals surface area (Å²) in [6.07, 6.45) is 6.99. The van der Waals surface area contributed by atoms with Gasteiger partial charge in [-0.15, -0.1) is 0 Å². The highest BCUT2D eigenvalue weighted by Gasteiger charge is 2.41. The molecular weight excluding hydrogens is 370 g/mol. The van der Waals surface area contributed by atoms with Gasteiger partial charge in [0.2, 0.25) is 0 Å². The molecule has 1 saturated carbocycles. The van der Waals surface area contributed by atoms with E-state index in [-0.39, 0.29) is 18.4 Å². The van der Waals surface area contributed by atoms with Crippen LogP contribution in [-0.2, 0) is 14.3 Å². The third kappa shape index (κ3) is 4.62. The van der Waals surface area contributed by atoms with E-state index < -0.39 is 5.54 Å². The molecule has 1 aromatic rings. The number of ether oxygens (including phenoxy) is 1. The molecule has 0 N–H and O–H groups in total. The monoisotopic (exact) mass is 401 g/mol. The number of rotatable bonds is 7. The van der Waals surface area contributed by atoms with Crippen LogP contribution >= 0.6 is 11.8 Å². The molecule has 1 aliphatic heterocycles. The Kier molecular flexibility index (Phi) is 6.86. The maximum atomic E-state index is 13.2. The maximum absolute atomic E-state index is 13.2. The maximum Gasteiger partial charge on any atom is 0.261 e. The lowest BCUT2D eigenvalue weighted by molar-refractivity contribution is -0.148. The summed E-state index contributed by atoms with van der Waals surface area (Å²) in [7, 11) is 0. The molecule has 0 bridgehead atoms. The van der Waals surface area contributed by atoms with Crippen LogP contribution in [0.4, 0.5) is 0 Å². The molecule has 4 nitrogen and oxygen atoms in total. The van der Waals surface area contributed by atoms with Crippen LogP contribution < -0.4 is 0 Å². The topological polar surface area (TPSA) is 46.6 Å². The summed E-state index contributed by atoms with van der Waals surface area (Å²) >= 11 is 1.92. The number of Topliss-reactive ketones (excluding diaryl/α,β-unsaturated/α-hetero) is 1. The molecule has 0 saturated heterocycles. The zero-order valence-electron chi connectivity index (χ0n) is 17.2. The Bertz CT molecular complexity index is 735. The summed E-state index contributed by atoms with van der Waals surface area (Å²) in [5.41, 5.74) is 0.486. The fraction of sp³-hybridized carbons (Fsp3) is 0.565. The number of thioether (sulfide) groups is 1. The molecule has 0 radical (unpaired) electrons. The van der Waals surface area contributed by atoms with E-state index in [0.717, 1.165) is 11.3 Å². The normalized spacial score (nSPS) is 19.0. The number of hydrogen-bond acceptors (Lipinski definition) is 4. The lowest BCUT2D eigenvalue weighted by Gasteiger charge is -2.40. The zero-order valence-corrected chi connectivity index (χ0v) is 18.0. The molecule has 0 aromatic heterocycles. The molecule has 0 unspecified atom stereocenters. The first-order valence-electron chi connectivity index (χ1n) is 10.3. The van der Waals surface area contributed by atoms with E-state index in [9.17, 15) is 9.59 Å². The number of benzene rings is 1. The molecule has 28 heavy (non-hydrogen) atoms. The molecular formula is C23H31NO3S. The Labute approximate surface area is 172 Å². The molecule has 0 atom stereocenters. The summed E-state index contributed by atoms with van der Waals surface area (Å²) in [5, 5.41) is 0.694. The number of amides is 1. The van der Waals surface area contributed by atoms with Gasteiger partial charge < -0.3 is 4.74 Å². The van der Waals surface area contributed by atoms with Crippen LogP contribution in [0.5, 0.6) is 0 Å². The van der Waals surface area contributed by atoms with Gasteiger partial charge in [-0.2, -0.15) is 11.8 Å². The van der Waals surface area contributed by atoms with E-state index >= 15 is 0 Å². The van der Waals surface area contributed by atoms with E-state index in [0.29, 0.717) is 23.0 Å². The quantitative estimate of drug-likeness (QED) is 0.642. The minimum atomic E-state index is -0.884. The van der Waals surface area contributed by atoms with Gasteiger partial charge in [0.05, 0.1) is 11.1 Å². The Morgan fingerprint density at radius 3 is 2.54 bits per heavy atom. The number of hydrogen-bond donors (Lipinski definition) is 0. The lowest BCUT2D eigenvalue weighted by Crippen LogP contribution is -2.55. The Morgan fingerprint density at radius 1 is 1.18 bits per heavy atom. The van der Waals surface area contributed by atoms with Gasteiger partial charge in [0.1, 0.15) is 5.76 Å². The molecule has 1 aromatic carbocycles. The van der Waals surface area contributed by atoms with Gasteiger partial charge in [0.25, 0.3) is 5.91 Å². The van der Waals surface area contributed by atoms with E-state index in [1.807, 2.05) is 62.9 Å². The second-order valence-electron chi connectivity index (χ2n) is 8.17. The fourth-order valence-electron chi connectivity index (χ4n) is 3.93. The number of carbonyl (C=O) groups is 2.